The molecule has 3 heteroatoms. The van der Waals surface area contributed by atoms with Crippen LogP contribution in [0.25, 0.3) is 0 Å². The van der Waals surface area contributed by atoms with Gasteiger partial charge in [0.25, 0.3) is 0 Å². The second-order valence-electron chi connectivity index (χ2n) is 5.25. The lowest BCUT2D eigenvalue weighted by atomic mass is 9.75. The zero-order chi connectivity index (χ0) is 11.7. The Balaban J connectivity index is 2.84. The van der Waals surface area contributed by atoms with E-state index in [1.807, 2.05) is 20.8 Å². The molecule has 0 atom stereocenters. The van der Waals surface area contributed by atoms with Crippen LogP contribution in [0, 0.1) is 5.41 Å². The third-order valence-corrected chi connectivity index (χ3v) is 3.29. The molecule has 2 nitrogen and oxygen atoms in total. The van der Waals surface area contributed by atoms with Crippen molar-refractivity contribution in [3.05, 3.63) is 12.4 Å². The molecule has 0 amide bonds. The molecule has 0 aliphatic heterocycles. The van der Waals surface area contributed by atoms with Crippen molar-refractivity contribution >= 4 is 5.97 Å². The fourth-order valence-electron chi connectivity index (χ4n) is 2.18. The van der Waals surface area contributed by atoms with Gasteiger partial charge in [-0.2, -0.15) is 4.39 Å². The largest absolute Gasteiger partial charge is 0.453 e. The molecule has 0 aromatic carbocycles. The summed E-state index contributed by atoms with van der Waals surface area (Å²) in [5.41, 5.74) is -0.673. The molecule has 1 aliphatic rings. The maximum absolute atomic E-state index is 12.6. The molecule has 0 spiro atoms. The minimum absolute atomic E-state index is 0.158. The number of halogens is 1. The van der Waals surface area contributed by atoms with Crippen LogP contribution in [0.3, 0.4) is 0 Å². The molecule has 0 unspecified atom stereocenters. The average Bonchev–Trinajstić information content (AvgIpc) is 2.52. The monoisotopic (exact) mass is 214 g/mol. The molecule has 1 fully saturated rings. The molecular weight excluding hydrogens is 195 g/mol. The third kappa shape index (κ3) is 2.39. The maximum Gasteiger partial charge on any atom is 0.367 e. The van der Waals surface area contributed by atoms with Crippen LogP contribution < -0.4 is 0 Å². The van der Waals surface area contributed by atoms with Crippen molar-refractivity contribution < 1.29 is 13.9 Å². The summed E-state index contributed by atoms with van der Waals surface area (Å²) in [6.45, 7) is 9.03. The minimum atomic E-state index is -1.01. The zero-order valence-corrected chi connectivity index (χ0v) is 9.73. The summed E-state index contributed by atoms with van der Waals surface area (Å²) in [4.78, 5) is 11.3. The summed E-state index contributed by atoms with van der Waals surface area (Å²) in [5.74, 6) is -1.92. The first-order valence-corrected chi connectivity index (χ1v) is 5.36. The first-order valence-electron chi connectivity index (χ1n) is 5.36. The fraction of sp³-hybridized carbons (Fsp3) is 0.750. The van der Waals surface area contributed by atoms with Gasteiger partial charge in [-0.15, -0.1) is 0 Å². The zero-order valence-electron chi connectivity index (χ0n) is 9.73. The molecule has 15 heavy (non-hydrogen) atoms. The van der Waals surface area contributed by atoms with Crippen LogP contribution in [-0.4, -0.2) is 11.6 Å². The SMILES string of the molecule is C=C(F)C(=O)OC1(C(C)(C)C)CCCC1. The van der Waals surface area contributed by atoms with Gasteiger partial charge in [0.1, 0.15) is 5.60 Å². The predicted octanol–water partition coefficient (Wildman–Crippen LogP) is 3.37. The van der Waals surface area contributed by atoms with Crippen LogP contribution in [-0.2, 0) is 9.53 Å². The van der Waals surface area contributed by atoms with Crippen molar-refractivity contribution in [2.45, 2.75) is 52.1 Å². The number of carbonyl (C=O) groups excluding carboxylic acids is 1. The number of carbonyl (C=O) groups is 1. The van der Waals surface area contributed by atoms with Crippen LogP contribution in [0.1, 0.15) is 46.5 Å². The van der Waals surface area contributed by atoms with Crippen LogP contribution >= 0.6 is 0 Å². The van der Waals surface area contributed by atoms with Crippen molar-refractivity contribution in [1.29, 1.82) is 0 Å². The van der Waals surface area contributed by atoms with E-state index >= 15 is 0 Å². The summed E-state index contributed by atoms with van der Waals surface area (Å²) in [6.07, 6.45) is 3.69. The van der Waals surface area contributed by atoms with Crippen LogP contribution in [0.2, 0.25) is 0 Å². The van der Waals surface area contributed by atoms with Crippen molar-refractivity contribution in [3.63, 3.8) is 0 Å². The van der Waals surface area contributed by atoms with Gasteiger partial charge in [0, 0.05) is 5.41 Å². The molecule has 1 aliphatic carbocycles. The number of esters is 1. The molecule has 0 aromatic rings. The van der Waals surface area contributed by atoms with Crippen molar-refractivity contribution in [3.8, 4) is 0 Å². The normalized spacial score (nSPS) is 20.0. The van der Waals surface area contributed by atoms with E-state index in [0.29, 0.717) is 0 Å². The summed E-state index contributed by atoms with van der Waals surface area (Å²) in [6, 6.07) is 0. The Morgan fingerprint density at radius 3 is 2.13 bits per heavy atom. The standard InChI is InChI=1S/C12H19FO2/c1-9(13)10(14)15-12(11(2,3)4)7-5-6-8-12/h1,5-8H2,2-4H3. The predicted molar refractivity (Wildman–Crippen MR) is 57.0 cm³/mol. The van der Waals surface area contributed by atoms with Gasteiger partial charge in [-0.3, -0.25) is 0 Å². The first-order chi connectivity index (χ1) is 6.78. The number of hydrogen-bond acceptors (Lipinski definition) is 2. The summed E-state index contributed by atoms with van der Waals surface area (Å²) in [5, 5.41) is 0. The Morgan fingerprint density at radius 1 is 1.33 bits per heavy atom. The highest BCUT2D eigenvalue weighted by atomic mass is 19.1. The molecule has 0 bridgehead atoms. The lowest BCUT2D eigenvalue weighted by molar-refractivity contribution is -0.169. The molecule has 0 N–H and O–H groups in total. The van der Waals surface area contributed by atoms with E-state index in [2.05, 4.69) is 6.58 Å². The number of ether oxygens (including phenoxy) is 1. The Hall–Kier alpha value is -0.860. The average molecular weight is 214 g/mol. The summed E-state index contributed by atoms with van der Waals surface area (Å²) in [7, 11) is 0. The van der Waals surface area contributed by atoms with Crippen LogP contribution in [0.4, 0.5) is 4.39 Å². The Morgan fingerprint density at radius 2 is 1.80 bits per heavy atom. The molecule has 86 valence electrons. The molecule has 0 aromatic heterocycles. The second kappa shape index (κ2) is 3.95. The van der Waals surface area contributed by atoms with E-state index in [-0.39, 0.29) is 5.41 Å². The van der Waals surface area contributed by atoms with Crippen molar-refractivity contribution in [2.75, 3.05) is 0 Å². The highest BCUT2D eigenvalue weighted by molar-refractivity contribution is 5.85. The Kier molecular flexibility index (Phi) is 3.22. The lowest BCUT2D eigenvalue weighted by Gasteiger charge is -2.40. The topological polar surface area (TPSA) is 26.3 Å². The van der Waals surface area contributed by atoms with Gasteiger partial charge in [0.15, 0.2) is 0 Å². The van der Waals surface area contributed by atoms with E-state index in [9.17, 15) is 9.18 Å². The highest BCUT2D eigenvalue weighted by Crippen LogP contribution is 2.46. The summed E-state index contributed by atoms with van der Waals surface area (Å²) >= 11 is 0. The quantitative estimate of drug-likeness (QED) is 0.520. The second-order valence-corrected chi connectivity index (χ2v) is 5.25. The lowest BCUT2D eigenvalue weighted by Crippen LogP contribution is -2.44. The highest BCUT2D eigenvalue weighted by Gasteiger charge is 2.47. The van der Waals surface area contributed by atoms with Crippen molar-refractivity contribution in [2.24, 2.45) is 5.41 Å². The Labute approximate surface area is 90.5 Å². The van der Waals surface area contributed by atoms with Gasteiger partial charge in [0.2, 0.25) is 5.83 Å². The molecule has 0 saturated heterocycles. The molecular formula is C12H19FO2. The number of rotatable bonds is 2. The third-order valence-electron chi connectivity index (χ3n) is 3.29. The summed E-state index contributed by atoms with van der Waals surface area (Å²) < 4.78 is 17.9. The fourth-order valence-corrected chi connectivity index (χ4v) is 2.18. The minimum Gasteiger partial charge on any atom is -0.453 e. The first kappa shape index (κ1) is 12.2. The van der Waals surface area contributed by atoms with Crippen LogP contribution in [0.5, 0.6) is 0 Å². The van der Waals surface area contributed by atoms with Gasteiger partial charge < -0.3 is 4.74 Å². The number of hydrogen-bond donors (Lipinski definition) is 0. The molecule has 1 rings (SSSR count). The Bertz CT molecular complexity index is 270. The van der Waals surface area contributed by atoms with Gasteiger partial charge in [0.05, 0.1) is 0 Å². The van der Waals surface area contributed by atoms with E-state index < -0.39 is 17.4 Å². The van der Waals surface area contributed by atoms with E-state index in [4.69, 9.17) is 4.74 Å². The smallest absolute Gasteiger partial charge is 0.367 e. The van der Waals surface area contributed by atoms with E-state index in [1.54, 1.807) is 0 Å². The molecule has 0 heterocycles. The van der Waals surface area contributed by atoms with Gasteiger partial charge in [-0.1, -0.05) is 27.4 Å². The van der Waals surface area contributed by atoms with Gasteiger partial charge >= 0.3 is 5.97 Å². The van der Waals surface area contributed by atoms with Crippen molar-refractivity contribution in [1.82, 2.24) is 0 Å². The van der Waals surface area contributed by atoms with Gasteiger partial charge in [-0.05, 0) is 25.7 Å². The molecule has 1 saturated carbocycles. The van der Waals surface area contributed by atoms with E-state index in [0.717, 1.165) is 25.7 Å². The van der Waals surface area contributed by atoms with E-state index in [1.165, 1.54) is 0 Å². The maximum atomic E-state index is 12.6. The molecule has 0 radical (unpaired) electrons. The van der Waals surface area contributed by atoms with Gasteiger partial charge in [-0.25, -0.2) is 4.79 Å². The van der Waals surface area contributed by atoms with Crippen LogP contribution in [0.15, 0.2) is 12.4 Å².